The van der Waals surface area contributed by atoms with Gasteiger partial charge in [-0.3, -0.25) is 19.2 Å². The maximum absolute atomic E-state index is 15.8. The molecule has 1 saturated heterocycles. The molecule has 13 heteroatoms. The fourth-order valence-electron chi connectivity index (χ4n) is 8.42. The number of benzene rings is 2. The summed E-state index contributed by atoms with van der Waals surface area (Å²) in [6.45, 7) is 12.4. The van der Waals surface area contributed by atoms with E-state index in [1.165, 1.54) is 6.07 Å². The fraction of sp³-hybridized carbons (Fsp3) is 0.512. The van der Waals surface area contributed by atoms with Crippen LogP contribution in [0.3, 0.4) is 0 Å². The predicted octanol–water partition coefficient (Wildman–Crippen LogP) is 7.26. The zero-order chi connectivity index (χ0) is 39.7. The first-order valence-electron chi connectivity index (χ1n) is 18.5. The third kappa shape index (κ3) is 9.05. The van der Waals surface area contributed by atoms with E-state index in [1.54, 1.807) is 26.8 Å². The first-order chi connectivity index (χ1) is 25.3. The van der Waals surface area contributed by atoms with Crippen LogP contribution in [0, 0.1) is 44.8 Å². The van der Waals surface area contributed by atoms with Crippen LogP contribution in [0.5, 0.6) is 0 Å². The molecule has 2 aromatic carbocycles. The van der Waals surface area contributed by atoms with Gasteiger partial charge in [0.25, 0.3) is 11.5 Å². The lowest BCUT2D eigenvalue weighted by Gasteiger charge is -2.48. The smallest absolute Gasteiger partial charge is 0.431 e. The monoisotopic (exact) mass is 754 g/mol. The number of rotatable bonds is 13. The Morgan fingerprint density at radius 1 is 0.907 bits per heavy atom. The summed E-state index contributed by atoms with van der Waals surface area (Å²) >= 11 is 0. The summed E-state index contributed by atoms with van der Waals surface area (Å²) in [4.78, 5) is 55.2. The SMILES string of the molecule is Cc1cc(C)c(-c2cc(C)c(F)c([C@H](CC(=O)O)NC(=O)[C@H](CC(C)C)NC(=O)c3ccc(C(F)(F)F)n(CCN4CC5(CCCC5)C4)c3=O)c2)c(C)c1. The zero-order valence-corrected chi connectivity index (χ0v) is 31.8. The van der Waals surface area contributed by atoms with Gasteiger partial charge in [-0.05, 0) is 110 Å². The Balaban J connectivity index is 1.41. The predicted molar refractivity (Wildman–Crippen MR) is 198 cm³/mol. The van der Waals surface area contributed by atoms with E-state index in [-0.39, 0.29) is 42.0 Å². The van der Waals surface area contributed by atoms with Crippen LogP contribution in [0.15, 0.2) is 41.2 Å². The Morgan fingerprint density at radius 2 is 1.54 bits per heavy atom. The molecule has 2 aliphatic rings. The second-order valence-electron chi connectivity index (χ2n) is 15.8. The summed E-state index contributed by atoms with van der Waals surface area (Å²) in [5.41, 5.74) is 1.91. The molecule has 54 heavy (non-hydrogen) atoms. The number of carboxylic acid groups (broad SMARTS) is 1. The van der Waals surface area contributed by atoms with E-state index in [4.69, 9.17) is 0 Å². The van der Waals surface area contributed by atoms with E-state index in [9.17, 15) is 37.5 Å². The molecule has 2 amide bonds. The highest BCUT2D eigenvalue weighted by Crippen LogP contribution is 2.45. The summed E-state index contributed by atoms with van der Waals surface area (Å²) in [6.07, 6.45) is -1.05. The number of halogens is 4. The molecule has 3 aromatic rings. The van der Waals surface area contributed by atoms with Crippen LogP contribution in [0.2, 0.25) is 0 Å². The number of aliphatic carboxylic acids is 1. The minimum absolute atomic E-state index is 0.0339. The van der Waals surface area contributed by atoms with Gasteiger partial charge in [0.1, 0.15) is 23.1 Å². The third-order valence-electron chi connectivity index (χ3n) is 10.8. The number of likely N-dealkylation sites (tertiary alicyclic amines) is 1. The lowest BCUT2D eigenvalue weighted by atomic mass is 9.78. The van der Waals surface area contributed by atoms with E-state index >= 15 is 4.39 Å². The van der Waals surface area contributed by atoms with Crippen LogP contribution in [0.1, 0.15) is 102 Å². The number of pyridine rings is 1. The molecule has 292 valence electrons. The number of alkyl halides is 3. The Morgan fingerprint density at radius 3 is 2.11 bits per heavy atom. The standard InChI is InChI=1S/C41H50F4N4O5/c1-23(2)15-32(38(53)46-31(20-34(50)51)30-19-28(18-27(6)36(30)42)35-25(4)16-24(3)17-26(35)5)47-37(52)29-9-10-33(41(43,44)45)49(39(29)54)14-13-48-21-40(22-48)11-7-8-12-40/h9-10,16-19,23,31-32H,7-8,11-15,20-22H2,1-6H3,(H,46,53)(H,47,52)(H,50,51)/t31-,32-/m0/s1. The average Bonchev–Trinajstić information content (AvgIpc) is 3.53. The van der Waals surface area contributed by atoms with Crippen molar-refractivity contribution in [2.75, 3.05) is 19.6 Å². The van der Waals surface area contributed by atoms with Gasteiger partial charge in [-0.1, -0.05) is 44.4 Å². The first kappa shape index (κ1) is 40.7. The number of aryl methyl sites for hydroxylation is 4. The summed E-state index contributed by atoms with van der Waals surface area (Å²) < 4.78 is 58.6. The normalized spacial score (nSPS) is 16.6. The molecule has 9 nitrogen and oxygen atoms in total. The summed E-state index contributed by atoms with van der Waals surface area (Å²) in [7, 11) is 0. The Labute approximate surface area is 313 Å². The quantitative estimate of drug-likeness (QED) is 0.158. The molecule has 1 saturated carbocycles. The summed E-state index contributed by atoms with van der Waals surface area (Å²) in [5.74, 6) is -4.09. The molecule has 2 atom stereocenters. The van der Waals surface area contributed by atoms with E-state index in [2.05, 4.69) is 10.6 Å². The van der Waals surface area contributed by atoms with Gasteiger partial charge in [0.2, 0.25) is 5.91 Å². The molecule has 3 N–H and O–H groups in total. The maximum Gasteiger partial charge on any atom is 0.431 e. The molecule has 0 unspecified atom stereocenters. The van der Waals surface area contributed by atoms with Crippen LogP contribution in [0.4, 0.5) is 17.6 Å². The number of carbonyl (C=O) groups is 3. The van der Waals surface area contributed by atoms with Crippen molar-refractivity contribution >= 4 is 17.8 Å². The number of carbonyl (C=O) groups excluding carboxylic acids is 2. The van der Waals surface area contributed by atoms with Gasteiger partial charge in [0.15, 0.2) is 0 Å². The first-order valence-corrected chi connectivity index (χ1v) is 18.5. The molecule has 1 spiro atoms. The topological polar surface area (TPSA) is 121 Å². The summed E-state index contributed by atoms with van der Waals surface area (Å²) in [5, 5.41) is 15.0. The molecule has 1 aliphatic heterocycles. The van der Waals surface area contributed by atoms with Crippen molar-refractivity contribution in [1.29, 1.82) is 0 Å². The van der Waals surface area contributed by atoms with Crippen LogP contribution in [0.25, 0.3) is 11.1 Å². The van der Waals surface area contributed by atoms with Gasteiger partial charge in [0, 0.05) is 31.7 Å². The van der Waals surface area contributed by atoms with Gasteiger partial charge in [-0.2, -0.15) is 13.2 Å². The number of nitrogens with one attached hydrogen (secondary N) is 2. The lowest BCUT2D eigenvalue weighted by molar-refractivity contribution is -0.144. The Hall–Kier alpha value is -4.52. The van der Waals surface area contributed by atoms with E-state index in [0.717, 1.165) is 67.1 Å². The van der Waals surface area contributed by atoms with Crippen molar-refractivity contribution in [3.63, 3.8) is 0 Å². The molecule has 1 aromatic heterocycles. The number of carboxylic acids is 1. The number of nitrogens with zero attached hydrogens (tertiary/aromatic N) is 2. The van der Waals surface area contributed by atoms with Gasteiger partial charge in [-0.15, -0.1) is 0 Å². The molecule has 2 fully saturated rings. The number of hydrogen-bond donors (Lipinski definition) is 3. The fourth-order valence-corrected chi connectivity index (χ4v) is 8.42. The second kappa shape index (κ2) is 16.1. The highest BCUT2D eigenvalue weighted by molar-refractivity contribution is 5.97. The van der Waals surface area contributed by atoms with Gasteiger partial charge < -0.3 is 25.2 Å². The van der Waals surface area contributed by atoms with Crippen molar-refractivity contribution in [1.82, 2.24) is 20.1 Å². The van der Waals surface area contributed by atoms with Crippen LogP contribution >= 0.6 is 0 Å². The molecular weight excluding hydrogens is 704 g/mol. The van der Waals surface area contributed by atoms with Crippen molar-refractivity contribution < 1.29 is 37.1 Å². The largest absolute Gasteiger partial charge is 0.481 e. The molecule has 0 radical (unpaired) electrons. The van der Waals surface area contributed by atoms with Gasteiger partial charge in [-0.25, -0.2) is 4.39 Å². The highest BCUT2D eigenvalue weighted by atomic mass is 19.4. The minimum atomic E-state index is -4.85. The van der Waals surface area contributed by atoms with Gasteiger partial charge in [0.05, 0.1) is 12.5 Å². The van der Waals surface area contributed by atoms with Crippen molar-refractivity contribution in [3.05, 3.63) is 91.6 Å². The van der Waals surface area contributed by atoms with Crippen molar-refractivity contribution in [2.24, 2.45) is 11.3 Å². The van der Waals surface area contributed by atoms with Crippen LogP contribution in [-0.4, -0.2) is 58.0 Å². The summed E-state index contributed by atoms with van der Waals surface area (Å²) in [6, 6.07) is 5.98. The second-order valence-corrected chi connectivity index (χ2v) is 15.8. The van der Waals surface area contributed by atoms with Crippen LogP contribution < -0.4 is 16.2 Å². The molecule has 0 bridgehead atoms. The number of amides is 2. The maximum atomic E-state index is 15.8. The van der Waals surface area contributed by atoms with Gasteiger partial charge >= 0.3 is 12.1 Å². The molecule has 5 rings (SSSR count). The third-order valence-corrected chi connectivity index (χ3v) is 10.8. The molecular formula is C41H50F4N4O5. The van der Waals surface area contributed by atoms with Crippen molar-refractivity contribution in [3.8, 4) is 11.1 Å². The van der Waals surface area contributed by atoms with E-state index in [0.29, 0.717) is 16.2 Å². The Kier molecular flexibility index (Phi) is 12.1. The molecule has 2 heterocycles. The van der Waals surface area contributed by atoms with Crippen molar-refractivity contribution in [2.45, 2.75) is 105 Å². The molecule has 1 aliphatic carbocycles. The lowest BCUT2D eigenvalue weighted by Crippen LogP contribution is -2.55. The average molecular weight is 755 g/mol. The number of hydrogen-bond acceptors (Lipinski definition) is 5. The highest BCUT2D eigenvalue weighted by Gasteiger charge is 2.44. The minimum Gasteiger partial charge on any atom is -0.481 e. The number of aromatic nitrogens is 1. The van der Waals surface area contributed by atoms with E-state index in [1.807, 2.05) is 37.8 Å². The van der Waals surface area contributed by atoms with Crippen LogP contribution in [-0.2, 0) is 22.3 Å². The zero-order valence-electron chi connectivity index (χ0n) is 31.8. The van der Waals surface area contributed by atoms with E-state index < -0.39 is 65.1 Å². The Bertz CT molecular complexity index is 1950.